The van der Waals surface area contributed by atoms with E-state index >= 15 is 0 Å². The van der Waals surface area contributed by atoms with Crippen LogP contribution < -0.4 is 93.1 Å². The van der Waals surface area contributed by atoms with Gasteiger partial charge in [-0.15, -0.1) is 30.7 Å². The van der Waals surface area contributed by atoms with Gasteiger partial charge in [-0.1, -0.05) is 0 Å². The van der Waals surface area contributed by atoms with Crippen LogP contribution in [0.5, 0.6) is 0 Å². The minimum absolute atomic E-state index is 0. The molecule has 20 heteroatoms. The van der Waals surface area contributed by atoms with Crippen LogP contribution in [0.25, 0.3) is 0 Å². The van der Waals surface area contributed by atoms with Crippen LogP contribution in [0, 0.1) is 30.7 Å². The molecule has 12 nitrogen and oxygen atoms in total. The van der Waals surface area contributed by atoms with Crippen molar-refractivity contribution in [3.8, 4) is 0 Å². The number of hydrogen-bond acceptors (Lipinski definition) is 12. The molecule has 20 heavy (non-hydrogen) atoms. The molecule has 130 valence electrons. The molecule has 0 aliphatic heterocycles. The summed E-state index contributed by atoms with van der Waals surface area (Å²) in [7, 11) is -14.8. The van der Waals surface area contributed by atoms with Gasteiger partial charge in [0, 0.05) is 0 Å². The van der Waals surface area contributed by atoms with Crippen molar-refractivity contribution in [2.75, 3.05) is 0 Å². The fourth-order valence-corrected chi connectivity index (χ4v) is 0. The molecular weight excluding hydrogens is 516 g/mol. The molecule has 0 amide bonds. The van der Waals surface area contributed by atoms with Crippen molar-refractivity contribution >= 4 is 0 Å². The Morgan fingerprint density at radius 2 is 0.300 bits per heavy atom. The molecule has 0 rings (SSSR count). The predicted molar refractivity (Wildman–Crippen MR) is 0 cm³/mol. The first-order valence-electron chi connectivity index (χ1n) is 1.85. The zero-order valence-electron chi connectivity index (χ0n) is 7.87. The molecule has 0 aromatic carbocycles. The Hall–Kier alpha value is 2.30. The van der Waals surface area contributed by atoms with Gasteiger partial charge in [-0.2, -0.15) is 0 Å². The summed E-state index contributed by atoms with van der Waals surface area (Å²) in [4.78, 5) is 0. The second-order valence-electron chi connectivity index (χ2n) is 1.13. The van der Waals surface area contributed by atoms with Gasteiger partial charge >= 0.3 is 34.1 Å². The molecule has 0 heterocycles. The molecular formula is Cl6Fe2O12. The zero-order valence-corrected chi connectivity index (χ0v) is 14.6. The Labute approximate surface area is 157 Å². The van der Waals surface area contributed by atoms with Crippen molar-refractivity contribution in [3.63, 3.8) is 0 Å². The van der Waals surface area contributed by atoms with E-state index in [1.165, 1.54) is 0 Å². The van der Waals surface area contributed by atoms with Gasteiger partial charge in [0.2, 0.25) is 0 Å². The standard InChI is InChI=1S/3ClHO4.3ClH.2Fe/c3*2-1(3,4)5;;;;;/h3*(H,2,3,4,5);3*1H;;/q;;;;;;2*+3/p-6. The first-order valence-corrected chi connectivity index (χ1v) is 5.55. The fourth-order valence-electron chi connectivity index (χ4n) is 0. The number of halogens is 6. The zero-order chi connectivity index (χ0) is 13.5. The normalized spacial score (nSPS) is 9.00. The smallest absolute Gasteiger partial charge is 1.00 e. The van der Waals surface area contributed by atoms with Crippen molar-refractivity contribution < 1.29 is 158 Å². The molecule has 0 aliphatic rings. The van der Waals surface area contributed by atoms with Crippen LogP contribution in [0.1, 0.15) is 0 Å². The quantitative estimate of drug-likeness (QED) is 0.271. The van der Waals surface area contributed by atoms with Gasteiger partial charge in [-0.05, 0) is 0 Å². The third-order valence-electron chi connectivity index (χ3n) is 0. The second kappa shape index (κ2) is 21.3. The Bertz CT molecular complexity index is 101. The topological polar surface area (TPSA) is 277 Å². The van der Waals surface area contributed by atoms with Gasteiger partial charge in [-0.3, -0.25) is 0 Å². The summed E-state index contributed by atoms with van der Waals surface area (Å²) in [5.41, 5.74) is 0. The van der Waals surface area contributed by atoms with Gasteiger partial charge in [0.25, 0.3) is 0 Å². The second-order valence-corrected chi connectivity index (χ2v) is 3.40. The molecule has 0 saturated carbocycles. The largest absolute Gasteiger partial charge is 3.00 e. The predicted octanol–water partition coefficient (Wildman–Crippen LogP) is -23.3. The van der Waals surface area contributed by atoms with Crippen molar-refractivity contribution in [2.45, 2.75) is 0 Å². The minimum Gasteiger partial charge on any atom is -1.00 e. The van der Waals surface area contributed by atoms with Crippen LogP contribution in [0.3, 0.4) is 0 Å². The molecule has 0 unspecified atom stereocenters. The van der Waals surface area contributed by atoms with E-state index in [1.807, 2.05) is 0 Å². The molecule has 0 atom stereocenters. The molecule has 0 aromatic heterocycles. The van der Waals surface area contributed by atoms with E-state index in [0.717, 1.165) is 0 Å². The van der Waals surface area contributed by atoms with Gasteiger partial charge in [0.1, 0.15) is 0 Å². The summed E-state index contributed by atoms with van der Waals surface area (Å²) in [6, 6.07) is 0. The molecule has 0 N–H and O–H groups in total. The molecule has 2 radical (unpaired) electrons. The third kappa shape index (κ3) is 1430. The Morgan fingerprint density at radius 3 is 0.300 bits per heavy atom. The number of rotatable bonds is 0. The third-order valence-corrected chi connectivity index (χ3v) is 0. The van der Waals surface area contributed by atoms with Crippen LogP contribution in [-0.2, 0) is 34.1 Å². The fraction of sp³-hybridized carbons (Fsp3) is 0. The molecule has 0 saturated heterocycles. The van der Waals surface area contributed by atoms with Crippen molar-refractivity contribution in [3.05, 3.63) is 0 Å². The first-order chi connectivity index (χ1) is 6.00. The van der Waals surface area contributed by atoms with E-state index in [2.05, 4.69) is 0 Å². The Morgan fingerprint density at radius 1 is 0.300 bits per heavy atom. The van der Waals surface area contributed by atoms with Gasteiger partial charge in [0.15, 0.2) is 0 Å². The molecule has 0 aromatic rings. The van der Waals surface area contributed by atoms with E-state index < -0.39 is 30.7 Å². The van der Waals surface area contributed by atoms with Crippen molar-refractivity contribution in [2.24, 2.45) is 0 Å². The Balaban J connectivity index is -0.0000000160. The van der Waals surface area contributed by atoms with Crippen LogP contribution in [0.15, 0.2) is 0 Å². The summed E-state index contributed by atoms with van der Waals surface area (Å²) < 4.78 is 102. The van der Waals surface area contributed by atoms with Crippen LogP contribution in [-0.4, -0.2) is 0 Å². The SMILES string of the molecule is [Cl-].[Cl-].[Cl-].[Fe+3].[Fe+3].[O-][Cl+3]([O-])([O-])[O-].[O-][Cl+3]([O-])([O-])[O-].[O-][Cl+3]([O-])([O-])[O-]. The average molecular weight is 516 g/mol. The first kappa shape index (κ1) is 49.5. The van der Waals surface area contributed by atoms with Crippen LogP contribution in [0.2, 0.25) is 0 Å². The van der Waals surface area contributed by atoms with E-state index in [0.29, 0.717) is 0 Å². The summed E-state index contributed by atoms with van der Waals surface area (Å²) in [5.74, 6) is 0. The van der Waals surface area contributed by atoms with Gasteiger partial charge in [0.05, 0.1) is 0 Å². The van der Waals surface area contributed by atoms with Crippen LogP contribution >= 0.6 is 0 Å². The summed E-state index contributed by atoms with van der Waals surface area (Å²) in [5, 5.41) is 0. The summed E-state index contributed by atoms with van der Waals surface area (Å²) in [6.07, 6.45) is 0. The van der Waals surface area contributed by atoms with Gasteiger partial charge < -0.3 is 37.2 Å². The molecule has 0 bridgehead atoms. The van der Waals surface area contributed by atoms with E-state index in [4.69, 9.17) is 55.9 Å². The Kier molecular flexibility index (Phi) is 52.7. The van der Waals surface area contributed by atoms with E-state index in [-0.39, 0.29) is 71.4 Å². The summed E-state index contributed by atoms with van der Waals surface area (Å²) >= 11 is 0. The molecule has 0 aliphatic carbocycles. The monoisotopic (exact) mass is 514 g/mol. The van der Waals surface area contributed by atoms with E-state index in [1.54, 1.807) is 0 Å². The van der Waals surface area contributed by atoms with Gasteiger partial charge in [-0.25, -0.2) is 55.9 Å². The maximum Gasteiger partial charge on any atom is 3.00 e. The molecule has 0 fully saturated rings. The maximum atomic E-state index is 8.49. The maximum absolute atomic E-state index is 8.49. The summed E-state index contributed by atoms with van der Waals surface area (Å²) in [6.45, 7) is 0. The molecule has 0 spiro atoms. The average Bonchev–Trinajstić information content (AvgIpc) is 1.41. The van der Waals surface area contributed by atoms with E-state index in [9.17, 15) is 0 Å². The number of hydrogen-bond donors (Lipinski definition) is 0. The van der Waals surface area contributed by atoms with Crippen molar-refractivity contribution in [1.29, 1.82) is 0 Å². The van der Waals surface area contributed by atoms with Crippen molar-refractivity contribution in [1.82, 2.24) is 0 Å². The van der Waals surface area contributed by atoms with Crippen LogP contribution in [0.4, 0.5) is 0 Å². The minimum atomic E-state index is -4.94.